The first-order chi connectivity index (χ1) is 8.13. The average molecular weight is 232 g/mol. The lowest BCUT2D eigenvalue weighted by Gasteiger charge is -2.08. The van der Waals surface area contributed by atoms with Crippen molar-refractivity contribution in [2.75, 3.05) is 0 Å². The van der Waals surface area contributed by atoms with Gasteiger partial charge in [-0.25, -0.2) is 0 Å². The fourth-order valence-electron chi connectivity index (χ4n) is 2.04. The van der Waals surface area contributed by atoms with Gasteiger partial charge in [0.05, 0.1) is 0 Å². The monoisotopic (exact) mass is 232 g/mol. The maximum absolute atomic E-state index is 10.8. The topological polar surface area (TPSA) is 52.7 Å². The molecule has 0 atom stereocenters. The minimum Gasteiger partial charge on any atom is -0.348 e. The Bertz CT molecular complexity index is 539. The van der Waals surface area contributed by atoms with E-state index in [9.17, 15) is 4.79 Å². The van der Waals surface area contributed by atoms with E-state index in [0.717, 1.165) is 42.0 Å². The van der Waals surface area contributed by atoms with Crippen LogP contribution in [0.1, 0.15) is 27.6 Å². The zero-order chi connectivity index (χ0) is 12.4. The Balaban J connectivity index is 2.17. The number of nitrogens with zero attached hydrogens (tertiary/aromatic N) is 4. The molecule has 0 unspecified atom stereocenters. The van der Waals surface area contributed by atoms with E-state index in [1.807, 2.05) is 31.5 Å². The molecule has 0 N–H and O–H groups in total. The number of carbonyl (C=O) groups is 1. The predicted molar refractivity (Wildman–Crippen MR) is 64.0 cm³/mol. The third kappa shape index (κ3) is 2.13. The van der Waals surface area contributed by atoms with Crippen molar-refractivity contribution in [2.45, 2.75) is 26.8 Å². The van der Waals surface area contributed by atoms with E-state index in [4.69, 9.17) is 0 Å². The summed E-state index contributed by atoms with van der Waals surface area (Å²) in [6.45, 7) is 4.79. The quantitative estimate of drug-likeness (QED) is 0.746. The van der Waals surface area contributed by atoms with Crippen LogP contribution in [0.4, 0.5) is 0 Å². The lowest BCUT2D eigenvalue weighted by atomic mass is 10.3. The molecule has 0 spiro atoms. The maximum Gasteiger partial charge on any atom is 0.151 e. The van der Waals surface area contributed by atoms with Crippen molar-refractivity contribution in [3.63, 3.8) is 0 Å². The summed E-state index contributed by atoms with van der Waals surface area (Å²) < 4.78 is 4.05. The van der Waals surface area contributed by atoms with Crippen molar-refractivity contribution in [2.24, 2.45) is 7.05 Å². The molecule has 0 fully saturated rings. The van der Waals surface area contributed by atoms with Crippen LogP contribution in [0.2, 0.25) is 0 Å². The van der Waals surface area contributed by atoms with Gasteiger partial charge in [-0.2, -0.15) is 0 Å². The molecular weight excluding hydrogens is 216 g/mol. The number of aryl methyl sites for hydroxylation is 3. The largest absolute Gasteiger partial charge is 0.348 e. The summed E-state index contributed by atoms with van der Waals surface area (Å²) in [6.07, 6.45) is 3.41. The zero-order valence-electron chi connectivity index (χ0n) is 10.3. The number of carbonyl (C=O) groups excluding carboxylic acids is 1. The molecule has 2 aromatic heterocycles. The molecule has 2 rings (SSSR count). The van der Waals surface area contributed by atoms with Crippen molar-refractivity contribution in [1.82, 2.24) is 19.3 Å². The van der Waals surface area contributed by atoms with E-state index in [1.54, 1.807) is 6.33 Å². The zero-order valence-corrected chi connectivity index (χ0v) is 10.3. The summed E-state index contributed by atoms with van der Waals surface area (Å²) in [5, 5.41) is 7.89. The molecular formula is C12H16N4O. The average Bonchev–Trinajstić information content (AvgIpc) is 2.82. The third-order valence-electron chi connectivity index (χ3n) is 3.10. The smallest absolute Gasteiger partial charge is 0.151 e. The Labute approximate surface area is 100 Å². The highest BCUT2D eigenvalue weighted by Gasteiger charge is 2.09. The predicted octanol–water partition coefficient (Wildman–Crippen LogP) is 1.29. The number of aromatic nitrogens is 4. The number of hydrogen-bond acceptors (Lipinski definition) is 3. The molecule has 0 aromatic carbocycles. The molecule has 0 radical (unpaired) electrons. The van der Waals surface area contributed by atoms with Crippen LogP contribution in [0.5, 0.6) is 0 Å². The Kier molecular flexibility index (Phi) is 3.08. The van der Waals surface area contributed by atoms with Crippen molar-refractivity contribution in [3.05, 3.63) is 35.2 Å². The van der Waals surface area contributed by atoms with Gasteiger partial charge in [0.25, 0.3) is 0 Å². The van der Waals surface area contributed by atoms with Crippen LogP contribution in [0.25, 0.3) is 0 Å². The summed E-state index contributed by atoms with van der Waals surface area (Å²) in [4.78, 5) is 10.8. The Morgan fingerprint density at radius 1 is 1.41 bits per heavy atom. The van der Waals surface area contributed by atoms with Crippen LogP contribution in [0.15, 0.2) is 12.4 Å². The second kappa shape index (κ2) is 4.53. The summed E-state index contributed by atoms with van der Waals surface area (Å²) >= 11 is 0. The van der Waals surface area contributed by atoms with Gasteiger partial charge in [0.1, 0.15) is 12.2 Å². The van der Waals surface area contributed by atoms with Gasteiger partial charge in [-0.05, 0) is 19.9 Å². The first-order valence-electron chi connectivity index (χ1n) is 5.58. The van der Waals surface area contributed by atoms with Gasteiger partial charge in [0.15, 0.2) is 6.29 Å². The highest BCUT2D eigenvalue weighted by atomic mass is 16.1. The normalized spacial score (nSPS) is 10.8. The second-order valence-electron chi connectivity index (χ2n) is 4.20. The van der Waals surface area contributed by atoms with Crippen LogP contribution >= 0.6 is 0 Å². The SMILES string of the molecule is Cc1cc(C=O)c(C)n1CCc1nncn1C. The van der Waals surface area contributed by atoms with Crippen molar-refractivity contribution in [1.29, 1.82) is 0 Å². The number of aldehydes is 1. The van der Waals surface area contributed by atoms with Crippen molar-refractivity contribution >= 4 is 6.29 Å². The first-order valence-corrected chi connectivity index (χ1v) is 5.58. The lowest BCUT2D eigenvalue weighted by Crippen LogP contribution is -2.08. The summed E-state index contributed by atoms with van der Waals surface area (Å²) in [5.74, 6) is 0.949. The molecule has 0 saturated heterocycles. The van der Waals surface area contributed by atoms with E-state index in [-0.39, 0.29) is 0 Å². The molecule has 5 nitrogen and oxygen atoms in total. The molecule has 5 heteroatoms. The van der Waals surface area contributed by atoms with Gasteiger partial charge in [-0.1, -0.05) is 0 Å². The van der Waals surface area contributed by atoms with Gasteiger partial charge < -0.3 is 9.13 Å². The maximum atomic E-state index is 10.8. The molecule has 90 valence electrons. The molecule has 2 heterocycles. The fourth-order valence-corrected chi connectivity index (χ4v) is 2.04. The van der Waals surface area contributed by atoms with Gasteiger partial charge in [-0.3, -0.25) is 4.79 Å². The minimum atomic E-state index is 0.764. The van der Waals surface area contributed by atoms with Crippen LogP contribution in [-0.4, -0.2) is 25.6 Å². The Morgan fingerprint density at radius 2 is 2.18 bits per heavy atom. The number of rotatable bonds is 4. The standard InChI is InChI=1S/C12H16N4O/c1-9-6-11(7-17)10(2)16(9)5-4-12-14-13-8-15(12)3/h6-8H,4-5H2,1-3H3. The van der Waals surface area contributed by atoms with Gasteiger partial charge in [0, 0.05) is 37.0 Å². The van der Waals surface area contributed by atoms with Gasteiger partial charge in [-0.15, -0.1) is 10.2 Å². The van der Waals surface area contributed by atoms with E-state index < -0.39 is 0 Å². The molecule has 2 aromatic rings. The summed E-state index contributed by atoms with van der Waals surface area (Å²) in [5.41, 5.74) is 2.88. The lowest BCUT2D eigenvalue weighted by molar-refractivity contribution is 0.112. The molecule has 0 aliphatic carbocycles. The number of hydrogen-bond donors (Lipinski definition) is 0. The highest BCUT2D eigenvalue weighted by molar-refractivity contribution is 5.77. The summed E-state index contributed by atoms with van der Waals surface area (Å²) in [7, 11) is 1.93. The molecule has 0 saturated carbocycles. The van der Waals surface area contributed by atoms with Crippen LogP contribution < -0.4 is 0 Å². The molecule has 17 heavy (non-hydrogen) atoms. The molecule has 0 amide bonds. The second-order valence-corrected chi connectivity index (χ2v) is 4.20. The summed E-state index contributed by atoms with van der Waals surface area (Å²) in [6, 6.07) is 1.92. The Morgan fingerprint density at radius 3 is 2.71 bits per heavy atom. The van der Waals surface area contributed by atoms with Crippen molar-refractivity contribution in [3.8, 4) is 0 Å². The van der Waals surface area contributed by atoms with Gasteiger partial charge in [0.2, 0.25) is 0 Å². The van der Waals surface area contributed by atoms with E-state index >= 15 is 0 Å². The third-order valence-corrected chi connectivity index (χ3v) is 3.10. The molecule has 0 aliphatic rings. The van der Waals surface area contributed by atoms with Crippen LogP contribution in [-0.2, 0) is 20.0 Å². The van der Waals surface area contributed by atoms with Crippen LogP contribution in [0, 0.1) is 13.8 Å². The van der Waals surface area contributed by atoms with Crippen molar-refractivity contribution < 1.29 is 4.79 Å². The van der Waals surface area contributed by atoms with E-state index in [0.29, 0.717) is 0 Å². The molecule has 0 bridgehead atoms. The minimum absolute atomic E-state index is 0.764. The van der Waals surface area contributed by atoms with E-state index in [2.05, 4.69) is 14.8 Å². The first kappa shape index (κ1) is 11.6. The van der Waals surface area contributed by atoms with Gasteiger partial charge >= 0.3 is 0 Å². The molecule has 0 aliphatic heterocycles. The fraction of sp³-hybridized carbons (Fsp3) is 0.417. The van der Waals surface area contributed by atoms with Crippen LogP contribution in [0.3, 0.4) is 0 Å². The Hall–Kier alpha value is -1.91. The highest BCUT2D eigenvalue weighted by Crippen LogP contribution is 2.13. The van der Waals surface area contributed by atoms with E-state index in [1.165, 1.54) is 0 Å².